The summed E-state index contributed by atoms with van der Waals surface area (Å²) >= 11 is 0. The van der Waals surface area contributed by atoms with Crippen molar-refractivity contribution in [2.24, 2.45) is 11.1 Å². The first-order valence-corrected chi connectivity index (χ1v) is 8.05. The molecule has 1 aliphatic carbocycles. The van der Waals surface area contributed by atoms with Crippen LogP contribution in [0.15, 0.2) is 23.1 Å². The minimum Gasteiger partial charge on any atom is -0.325 e. The van der Waals surface area contributed by atoms with Crippen molar-refractivity contribution in [2.45, 2.75) is 24.7 Å². The van der Waals surface area contributed by atoms with E-state index >= 15 is 0 Å². The summed E-state index contributed by atoms with van der Waals surface area (Å²) < 4.78 is 22.8. The van der Waals surface area contributed by atoms with Gasteiger partial charge in [-0.1, -0.05) is 6.07 Å². The van der Waals surface area contributed by atoms with Gasteiger partial charge in [0.05, 0.1) is 11.4 Å². The molecule has 0 radical (unpaired) electrons. The molecule has 0 saturated heterocycles. The second-order valence-electron chi connectivity index (χ2n) is 5.10. The molecule has 0 unspecified atom stereocenters. The first-order valence-electron chi connectivity index (χ1n) is 6.51. The van der Waals surface area contributed by atoms with Crippen LogP contribution in [0.2, 0.25) is 0 Å². The van der Waals surface area contributed by atoms with E-state index in [1.54, 1.807) is 19.1 Å². The molecule has 7 heteroatoms. The van der Waals surface area contributed by atoms with Crippen molar-refractivity contribution < 1.29 is 13.2 Å². The molecule has 20 heavy (non-hydrogen) atoms. The third-order valence-electron chi connectivity index (χ3n) is 3.28. The van der Waals surface area contributed by atoms with Gasteiger partial charge < -0.3 is 10.6 Å². The molecule has 4 N–H and O–H groups in total. The van der Waals surface area contributed by atoms with Gasteiger partial charge in [-0.25, -0.2) is 13.6 Å². The maximum atomic E-state index is 11.8. The Morgan fingerprint density at radius 3 is 2.70 bits per heavy atom. The van der Waals surface area contributed by atoms with Crippen molar-refractivity contribution in [3.8, 4) is 0 Å². The number of amides is 1. The minimum atomic E-state index is -3.78. The molecule has 2 rings (SSSR count). The highest BCUT2D eigenvalue weighted by atomic mass is 32.2. The standard InChI is InChI=1S/C13H19N3O3S/c1-9-11(3-2-4-12(9)20(14,18)19)16-13(17)8-15-7-10-5-6-10/h2-4,10,15H,5-8H2,1H3,(H,16,17)(H2,14,18,19). The molecular formula is C13H19N3O3S. The van der Waals surface area contributed by atoms with Crippen LogP contribution in [0.4, 0.5) is 5.69 Å². The zero-order valence-corrected chi connectivity index (χ0v) is 12.2. The molecule has 0 heterocycles. The number of anilines is 1. The molecule has 6 nitrogen and oxygen atoms in total. The zero-order valence-electron chi connectivity index (χ0n) is 11.3. The van der Waals surface area contributed by atoms with E-state index < -0.39 is 10.0 Å². The fraction of sp³-hybridized carbons (Fsp3) is 0.462. The van der Waals surface area contributed by atoms with Crippen molar-refractivity contribution >= 4 is 21.6 Å². The van der Waals surface area contributed by atoms with Crippen molar-refractivity contribution in [2.75, 3.05) is 18.4 Å². The lowest BCUT2D eigenvalue weighted by molar-refractivity contribution is -0.115. The van der Waals surface area contributed by atoms with Gasteiger partial charge in [-0.2, -0.15) is 0 Å². The molecule has 1 aliphatic rings. The Morgan fingerprint density at radius 1 is 1.40 bits per heavy atom. The lowest BCUT2D eigenvalue weighted by Crippen LogP contribution is -2.29. The lowest BCUT2D eigenvalue weighted by atomic mass is 10.2. The van der Waals surface area contributed by atoms with Gasteiger partial charge in [0, 0.05) is 5.69 Å². The van der Waals surface area contributed by atoms with E-state index in [1.807, 2.05) is 0 Å². The second-order valence-corrected chi connectivity index (χ2v) is 6.63. The van der Waals surface area contributed by atoms with E-state index in [9.17, 15) is 13.2 Å². The summed E-state index contributed by atoms with van der Waals surface area (Å²) in [5.74, 6) is 0.510. The van der Waals surface area contributed by atoms with Crippen LogP contribution in [0.25, 0.3) is 0 Å². The van der Waals surface area contributed by atoms with Crippen molar-refractivity contribution in [1.29, 1.82) is 0 Å². The smallest absolute Gasteiger partial charge is 0.238 e. The number of hydrogen-bond donors (Lipinski definition) is 3. The van der Waals surface area contributed by atoms with Gasteiger partial charge >= 0.3 is 0 Å². The minimum absolute atomic E-state index is 0.0289. The Balaban J connectivity index is 1.99. The van der Waals surface area contributed by atoms with E-state index in [4.69, 9.17) is 5.14 Å². The fourth-order valence-corrected chi connectivity index (χ4v) is 2.77. The summed E-state index contributed by atoms with van der Waals surface area (Å²) in [6.07, 6.45) is 2.45. The fourth-order valence-electron chi connectivity index (χ4n) is 1.96. The number of primary sulfonamides is 1. The maximum absolute atomic E-state index is 11.8. The Bertz CT molecular complexity index is 609. The summed E-state index contributed by atoms with van der Waals surface area (Å²) in [7, 11) is -3.78. The van der Waals surface area contributed by atoms with Gasteiger partial charge in [0.2, 0.25) is 15.9 Å². The highest BCUT2D eigenvalue weighted by Crippen LogP contribution is 2.27. The van der Waals surface area contributed by atoms with Crippen LogP contribution in [-0.4, -0.2) is 27.4 Å². The van der Waals surface area contributed by atoms with E-state index in [0.29, 0.717) is 17.2 Å². The summed E-state index contributed by atoms with van der Waals surface area (Å²) in [6, 6.07) is 4.63. The van der Waals surface area contributed by atoms with Gasteiger partial charge in [0.25, 0.3) is 0 Å². The molecule has 0 atom stereocenters. The van der Waals surface area contributed by atoms with E-state index in [-0.39, 0.29) is 17.3 Å². The van der Waals surface area contributed by atoms with Crippen LogP contribution >= 0.6 is 0 Å². The number of nitrogens with one attached hydrogen (secondary N) is 2. The third kappa shape index (κ3) is 4.03. The summed E-state index contributed by atoms with van der Waals surface area (Å²) in [6.45, 7) is 2.69. The van der Waals surface area contributed by atoms with E-state index in [1.165, 1.54) is 18.9 Å². The number of hydrogen-bond acceptors (Lipinski definition) is 4. The van der Waals surface area contributed by atoms with Crippen LogP contribution in [0.5, 0.6) is 0 Å². The number of carbonyl (C=O) groups is 1. The maximum Gasteiger partial charge on any atom is 0.238 e. The van der Waals surface area contributed by atoms with E-state index in [2.05, 4.69) is 10.6 Å². The number of nitrogens with two attached hydrogens (primary N) is 1. The molecule has 0 spiro atoms. The topological polar surface area (TPSA) is 101 Å². The van der Waals surface area contributed by atoms with Crippen LogP contribution < -0.4 is 15.8 Å². The highest BCUT2D eigenvalue weighted by Gasteiger charge is 2.20. The third-order valence-corrected chi connectivity index (χ3v) is 4.34. The van der Waals surface area contributed by atoms with Crippen molar-refractivity contribution in [3.63, 3.8) is 0 Å². The average Bonchev–Trinajstić information content (AvgIpc) is 3.14. The first kappa shape index (κ1) is 15.0. The first-order chi connectivity index (χ1) is 9.38. The molecule has 1 aromatic rings. The van der Waals surface area contributed by atoms with Crippen molar-refractivity contribution in [1.82, 2.24) is 5.32 Å². The normalized spacial score (nSPS) is 15.1. The quantitative estimate of drug-likeness (QED) is 0.715. The largest absolute Gasteiger partial charge is 0.325 e. The predicted octanol–water partition coefficient (Wildman–Crippen LogP) is 0.581. The molecule has 1 amide bonds. The summed E-state index contributed by atoms with van der Waals surface area (Å²) in [5, 5.41) is 10.9. The molecule has 1 saturated carbocycles. The summed E-state index contributed by atoms with van der Waals surface area (Å²) in [5.41, 5.74) is 0.917. The molecular weight excluding hydrogens is 278 g/mol. The van der Waals surface area contributed by atoms with Gasteiger partial charge in [-0.05, 0) is 49.9 Å². The molecule has 0 aromatic heterocycles. The Hall–Kier alpha value is -1.44. The Labute approximate surface area is 118 Å². The van der Waals surface area contributed by atoms with Crippen LogP contribution in [0.3, 0.4) is 0 Å². The molecule has 0 bridgehead atoms. The SMILES string of the molecule is Cc1c(NC(=O)CNCC2CC2)cccc1S(N)(=O)=O. The van der Waals surface area contributed by atoms with Crippen LogP contribution in [-0.2, 0) is 14.8 Å². The second kappa shape index (κ2) is 5.90. The molecule has 1 aromatic carbocycles. The van der Waals surface area contributed by atoms with Gasteiger partial charge in [0.15, 0.2) is 0 Å². The average molecular weight is 297 g/mol. The highest BCUT2D eigenvalue weighted by molar-refractivity contribution is 7.89. The molecule has 0 aliphatic heterocycles. The van der Waals surface area contributed by atoms with Gasteiger partial charge in [-0.15, -0.1) is 0 Å². The predicted molar refractivity (Wildman–Crippen MR) is 76.8 cm³/mol. The Morgan fingerprint density at radius 2 is 2.10 bits per heavy atom. The summed E-state index contributed by atoms with van der Waals surface area (Å²) in [4.78, 5) is 11.8. The lowest BCUT2D eigenvalue weighted by Gasteiger charge is -2.11. The van der Waals surface area contributed by atoms with Crippen LogP contribution in [0, 0.1) is 12.8 Å². The number of benzene rings is 1. The molecule has 110 valence electrons. The Kier molecular flexibility index (Phi) is 4.42. The molecule has 1 fully saturated rings. The number of carbonyl (C=O) groups excluding carboxylic acids is 1. The van der Waals surface area contributed by atoms with Crippen LogP contribution in [0.1, 0.15) is 18.4 Å². The van der Waals surface area contributed by atoms with Gasteiger partial charge in [-0.3, -0.25) is 4.79 Å². The number of rotatable bonds is 6. The van der Waals surface area contributed by atoms with Crippen molar-refractivity contribution in [3.05, 3.63) is 23.8 Å². The number of sulfonamides is 1. The van der Waals surface area contributed by atoms with Gasteiger partial charge in [0.1, 0.15) is 0 Å². The zero-order chi connectivity index (χ0) is 14.8. The monoisotopic (exact) mass is 297 g/mol. The van der Waals surface area contributed by atoms with E-state index in [0.717, 1.165) is 6.54 Å².